The van der Waals surface area contributed by atoms with Crippen molar-refractivity contribution < 1.29 is 8.42 Å². The van der Waals surface area contributed by atoms with Crippen molar-refractivity contribution in [1.29, 1.82) is 0 Å². The van der Waals surface area contributed by atoms with Crippen molar-refractivity contribution in [1.82, 2.24) is 13.1 Å². The van der Waals surface area contributed by atoms with Crippen LogP contribution in [0.25, 0.3) is 11.0 Å². The predicted octanol–water partition coefficient (Wildman–Crippen LogP) is 0.803. The van der Waals surface area contributed by atoms with Crippen LogP contribution in [-0.4, -0.2) is 40.6 Å². The lowest BCUT2D eigenvalue weighted by atomic mass is 10.1. The first-order valence-corrected chi connectivity index (χ1v) is 8.23. The summed E-state index contributed by atoms with van der Waals surface area (Å²) in [7, 11) is -3.53. The minimum absolute atomic E-state index is 0.0868. The molecule has 1 fully saturated rings. The molecule has 0 bridgehead atoms. The van der Waals surface area contributed by atoms with Gasteiger partial charge in [0.25, 0.3) is 0 Å². The van der Waals surface area contributed by atoms with Gasteiger partial charge in [-0.25, -0.2) is 8.42 Å². The molecule has 8 heteroatoms. The maximum absolute atomic E-state index is 12.7. The molecule has 19 heavy (non-hydrogen) atoms. The average molecular weight is 298 g/mol. The molecule has 1 aromatic heterocycles. The zero-order valence-corrected chi connectivity index (χ0v) is 11.8. The number of hydrogen-bond donors (Lipinski definition) is 1. The Kier molecular flexibility index (Phi) is 3.25. The van der Waals surface area contributed by atoms with Crippen molar-refractivity contribution in [2.45, 2.75) is 23.8 Å². The summed E-state index contributed by atoms with van der Waals surface area (Å²) in [4.78, 5) is 0.229. The lowest BCUT2D eigenvalue weighted by molar-refractivity contribution is 0.316. The van der Waals surface area contributed by atoms with E-state index in [1.54, 1.807) is 18.2 Å². The highest BCUT2D eigenvalue weighted by molar-refractivity contribution is 7.89. The molecule has 102 valence electrons. The molecule has 1 atom stereocenters. The molecule has 0 amide bonds. The lowest BCUT2D eigenvalue weighted by Gasteiger charge is -2.29. The van der Waals surface area contributed by atoms with Gasteiger partial charge in [-0.2, -0.15) is 13.1 Å². The lowest BCUT2D eigenvalue weighted by Crippen LogP contribution is -2.45. The fourth-order valence-corrected chi connectivity index (χ4v) is 4.61. The van der Waals surface area contributed by atoms with Crippen LogP contribution in [0.15, 0.2) is 23.1 Å². The Hall–Kier alpha value is -1.09. The summed E-state index contributed by atoms with van der Waals surface area (Å²) in [6.45, 7) is 0.889. The van der Waals surface area contributed by atoms with Crippen LogP contribution in [0.3, 0.4) is 0 Å². The first-order valence-electron chi connectivity index (χ1n) is 6.06. The van der Waals surface area contributed by atoms with Gasteiger partial charge >= 0.3 is 0 Å². The second kappa shape index (κ2) is 4.78. The van der Waals surface area contributed by atoms with Crippen molar-refractivity contribution in [3.8, 4) is 0 Å². The molecule has 1 saturated heterocycles. The van der Waals surface area contributed by atoms with E-state index in [1.807, 2.05) is 0 Å². The van der Waals surface area contributed by atoms with E-state index in [9.17, 15) is 8.42 Å². The molecule has 3 rings (SSSR count). The predicted molar refractivity (Wildman–Crippen MR) is 73.4 cm³/mol. The normalized spacial score (nSPS) is 21.8. The summed E-state index contributed by atoms with van der Waals surface area (Å²) in [6, 6.07) is 4.95. The summed E-state index contributed by atoms with van der Waals surface area (Å²) in [5, 5.41) is 0. The van der Waals surface area contributed by atoms with E-state index in [-0.39, 0.29) is 10.9 Å². The number of nitrogens with zero attached hydrogens (tertiary/aromatic N) is 3. The number of rotatable bonds is 2. The van der Waals surface area contributed by atoms with Crippen LogP contribution < -0.4 is 5.73 Å². The highest BCUT2D eigenvalue weighted by atomic mass is 32.2. The van der Waals surface area contributed by atoms with Crippen molar-refractivity contribution in [3.05, 3.63) is 18.2 Å². The van der Waals surface area contributed by atoms with Gasteiger partial charge in [0.1, 0.15) is 15.9 Å². The Bertz CT molecular complexity index is 698. The van der Waals surface area contributed by atoms with Crippen LogP contribution in [0.1, 0.15) is 12.8 Å². The molecule has 2 N–H and O–H groups in total. The van der Waals surface area contributed by atoms with Crippen molar-refractivity contribution in [3.63, 3.8) is 0 Å². The quantitative estimate of drug-likeness (QED) is 0.886. The molecule has 1 aliphatic rings. The summed E-state index contributed by atoms with van der Waals surface area (Å²) in [5.74, 6) is 0. The monoisotopic (exact) mass is 298 g/mol. The molecular weight excluding hydrogens is 284 g/mol. The molecule has 0 spiro atoms. The number of fused-ring (bicyclic) bond motifs is 1. The molecule has 1 aliphatic heterocycles. The fraction of sp³-hybridized carbons (Fsp3) is 0.455. The van der Waals surface area contributed by atoms with E-state index in [0.29, 0.717) is 24.1 Å². The second-order valence-corrected chi connectivity index (χ2v) is 7.09. The second-order valence-electron chi connectivity index (χ2n) is 4.65. The molecular formula is C11H14N4O2S2. The third-order valence-corrected chi connectivity index (χ3v) is 5.73. The highest BCUT2D eigenvalue weighted by Crippen LogP contribution is 2.26. The first kappa shape index (κ1) is 12.9. The summed E-state index contributed by atoms with van der Waals surface area (Å²) < 4.78 is 34.9. The van der Waals surface area contributed by atoms with E-state index in [4.69, 9.17) is 5.73 Å². The van der Waals surface area contributed by atoms with Crippen molar-refractivity contribution in [2.24, 2.45) is 5.73 Å². The minimum atomic E-state index is -3.53. The zero-order valence-electron chi connectivity index (χ0n) is 10.2. The SMILES string of the molecule is NC1CCCN(S(=O)(=O)c2cccc3nsnc23)C1. The molecule has 0 saturated carbocycles. The number of aromatic nitrogens is 2. The van der Waals surface area contributed by atoms with E-state index in [2.05, 4.69) is 8.75 Å². The van der Waals surface area contributed by atoms with Crippen LogP contribution in [0.2, 0.25) is 0 Å². The van der Waals surface area contributed by atoms with Gasteiger partial charge in [0, 0.05) is 19.1 Å². The van der Waals surface area contributed by atoms with Gasteiger partial charge in [-0.1, -0.05) is 6.07 Å². The number of benzene rings is 1. The molecule has 0 aliphatic carbocycles. The maximum atomic E-state index is 12.7. The van der Waals surface area contributed by atoms with Gasteiger partial charge in [0.2, 0.25) is 10.0 Å². The molecule has 1 unspecified atom stereocenters. The van der Waals surface area contributed by atoms with E-state index in [0.717, 1.165) is 24.6 Å². The molecule has 2 heterocycles. The zero-order chi connectivity index (χ0) is 13.5. The summed E-state index contributed by atoms with van der Waals surface area (Å²) >= 11 is 1.02. The largest absolute Gasteiger partial charge is 0.327 e. The summed E-state index contributed by atoms with van der Waals surface area (Å²) in [6.07, 6.45) is 1.67. The molecule has 6 nitrogen and oxygen atoms in total. The van der Waals surface area contributed by atoms with Crippen molar-refractivity contribution >= 4 is 32.8 Å². The van der Waals surface area contributed by atoms with Gasteiger partial charge in [0.15, 0.2) is 0 Å². The van der Waals surface area contributed by atoms with Crippen LogP contribution in [0.4, 0.5) is 0 Å². The van der Waals surface area contributed by atoms with Crippen LogP contribution in [-0.2, 0) is 10.0 Å². The minimum Gasteiger partial charge on any atom is -0.327 e. The van der Waals surface area contributed by atoms with Gasteiger partial charge < -0.3 is 5.73 Å². The molecule has 2 aromatic rings. The van der Waals surface area contributed by atoms with Gasteiger partial charge in [-0.05, 0) is 25.0 Å². The average Bonchev–Trinajstić information content (AvgIpc) is 2.86. The van der Waals surface area contributed by atoms with E-state index >= 15 is 0 Å². The fourth-order valence-electron chi connectivity index (χ4n) is 2.32. The Labute approximate surface area is 115 Å². The Morgan fingerprint density at radius 2 is 2.21 bits per heavy atom. The van der Waals surface area contributed by atoms with E-state index < -0.39 is 10.0 Å². The van der Waals surface area contributed by atoms with Gasteiger partial charge in [-0.3, -0.25) is 0 Å². The molecule has 0 radical (unpaired) electrons. The summed E-state index contributed by atoms with van der Waals surface area (Å²) in [5.41, 5.74) is 6.93. The Morgan fingerprint density at radius 3 is 3.00 bits per heavy atom. The third kappa shape index (κ3) is 2.25. The maximum Gasteiger partial charge on any atom is 0.245 e. The van der Waals surface area contributed by atoms with Crippen molar-refractivity contribution in [2.75, 3.05) is 13.1 Å². The number of piperidine rings is 1. The standard InChI is InChI=1S/C11H14N4O2S2/c12-8-3-2-6-15(7-8)19(16,17)10-5-1-4-9-11(10)14-18-13-9/h1,4-5,8H,2-3,6-7,12H2. The van der Waals surface area contributed by atoms with Gasteiger partial charge in [-0.15, -0.1) is 0 Å². The highest BCUT2D eigenvalue weighted by Gasteiger charge is 2.30. The number of sulfonamides is 1. The number of nitrogens with two attached hydrogens (primary N) is 1. The smallest absolute Gasteiger partial charge is 0.245 e. The Morgan fingerprint density at radius 1 is 1.37 bits per heavy atom. The van der Waals surface area contributed by atoms with E-state index in [1.165, 1.54) is 4.31 Å². The van der Waals surface area contributed by atoms with Gasteiger partial charge in [0.05, 0.1) is 11.7 Å². The number of hydrogen-bond acceptors (Lipinski definition) is 6. The van der Waals surface area contributed by atoms with Crippen LogP contribution in [0.5, 0.6) is 0 Å². The first-order chi connectivity index (χ1) is 9.09. The molecule has 1 aromatic carbocycles. The van der Waals surface area contributed by atoms with Crippen LogP contribution >= 0.6 is 11.7 Å². The topological polar surface area (TPSA) is 89.2 Å². The Balaban J connectivity index is 2.06. The third-order valence-electron chi connectivity index (χ3n) is 3.29. The van der Waals surface area contributed by atoms with Crippen LogP contribution in [0, 0.1) is 0 Å².